The van der Waals surface area contributed by atoms with Gasteiger partial charge in [-0.05, 0) is 20.3 Å². The van der Waals surface area contributed by atoms with Crippen molar-refractivity contribution in [1.29, 1.82) is 0 Å². The van der Waals surface area contributed by atoms with Crippen LogP contribution in [0, 0.1) is 5.41 Å². The highest BCUT2D eigenvalue weighted by atomic mass is 32.2. The minimum atomic E-state index is -0.379. The van der Waals surface area contributed by atoms with Crippen LogP contribution in [0.4, 0.5) is 0 Å². The number of amides is 1. The molecule has 1 rings (SSSR count). The van der Waals surface area contributed by atoms with E-state index >= 15 is 0 Å². The van der Waals surface area contributed by atoms with Gasteiger partial charge in [0.15, 0.2) is 0 Å². The van der Waals surface area contributed by atoms with E-state index in [9.17, 15) is 4.79 Å². The van der Waals surface area contributed by atoms with Crippen LogP contribution in [0.1, 0.15) is 34.1 Å². The number of nitrogens with two attached hydrogens (primary N) is 1. The van der Waals surface area contributed by atoms with Crippen LogP contribution in [-0.4, -0.2) is 40.9 Å². The largest absolute Gasteiger partial charge is 0.338 e. The molecule has 0 aromatic heterocycles. The van der Waals surface area contributed by atoms with Crippen molar-refractivity contribution in [3.63, 3.8) is 0 Å². The summed E-state index contributed by atoms with van der Waals surface area (Å²) in [6.45, 7) is 9.66. The van der Waals surface area contributed by atoms with E-state index in [0.717, 1.165) is 18.7 Å². The Hall–Kier alpha value is -0.220. The summed E-state index contributed by atoms with van der Waals surface area (Å²) in [6.07, 6.45) is 0.813. The van der Waals surface area contributed by atoms with Crippen LogP contribution in [0.3, 0.4) is 0 Å². The van der Waals surface area contributed by atoms with Gasteiger partial charge in [-0.15, -0.1) is 0 Å². The maximum atomic E-state index is 12.5. The average Bonchev–Trinajstić information content (AvgIpc) is 2.31. The molecule has 1 heterocycles. The topological polar surface area (TPSA) is 46.3 Å². The molecule has 1 fully saturated rings. The quantitative estimate of drug-likeness (QED) is 0.822. The van der Waals surface area contributed by atoms with Gasteiger partial charge in [-0.3, -0.25) is 4.79 Å². The second-order valence-electron chi connectivity index (χ2n) is 4.93. The lowest BCUT2D eigenvalue weighted by Gasteiger charge is -2.42. The highest BCUT2D eigenvalue weighted by Crippen LogP contribution is 2.30. The van der Waals surface area contributed by atoms with Gasteiger partial charge in [0.2, 0.25) is 5.91 Å². The number of rotatable bonds is 3. The van der Waals surface area contributed by atoms with Crippen molar-refractivity contribution in [3.05, 3.63) is 0 Å². The highest BCUT2D eigenvalue weighted by molar-refractivity contribution is 8.00. The third-order valence-electron chi connectivity index (χ3n) is 3.89. The molecule has 16 heavy (non-hydrogen) atoms. The maximum absolute atomic E-state index is 12.5. The number of carbonyl (C=O) groups is 1. The van der Waals surface area contributed by atoms with Crippen LogP contribution in [0.25, 0.3) is 0 Å². The first-order valence-corrected chi connectivity index (χ1v) is 7.14. The summed E-state index contributed by atoms with van der Waals surface area (Å²) in [7, 11) is 0. The Labute approximate surface area is 103 Å². The lowest BCUT2D eigenvalue weighted by molar-refractivity contribution is -0.143. The minimum absolute atomic E-state index is 0.233. The number of thioether (sulfide) groups is 1. The second-order valence-corrected chi connectivity index (χ2v) is 6.42. The van der Waals surface area contributed by atoms with Crippen LogP contribution in [-0.2, 0) is 4.79 Å². The Balaban J connectivity index is 2.79. The van der Waals surface area contributed by atoms with Gasteiger partial charge in [-0.25, -0.2) is 0 Å². The summed E-state index contributed by atoms with van der Waals surface area (Å²) in [5.74, 6) is 1.28. The molecule has 3 unspecified atom stereocenters. The minimum Gasteiger partial charge on any atom is -0.338 e. The number of hydrogen-bond donors (Lipinski definition) is 1. The van der Waals surface area contributed by atoms with Crippen LogP contribution in [0.5, 0.6) is 0 Å². The van der Waals surface area contributed by atoms with E-state index in [1.807, 2.05) is 30.5 Å². The van der Waals surface area contributed by atoms with Crippen LogP contribution in [0.2, 0.25) is 0 Å². The smallest absolute Gasteiger partial charge is 0.230 e. The number of hydrogen-bond acceptors (Lipinski definition) is 3. The molecule has 0 radical (unpaired) electrons. The summed E-state index contributed by atoms with van der Waals surface area (Å²) in [4.78, 5) is 14.5. The monoisotopic (exact) mass is 244 g/mol. The maximum Gasteiger partial charge on any atom is 0.230 e. The summed E-state index contributed by atoms with van der Waals surface area (Å²) in [6, 6.07) is 0.323. The zero-order valence-corrected chi connectivity index (χ0v) is 11.6. The van der Waals surface area contributed by atoms with Crippen LogP contribution < -0.4 is 5.73 Å². The fourth-order valence-corrected chi connectivity index (χ4v) is 3.05. The van der Waals surface area contributed by atoms with Gasteiger partial charge >= 0.3 is 0 Å². The van der Waals surface area contributed by atoms with Crippen molar-refractivity contribution in [1.82, 2.24) is 4.90 Å². The van der Waals surface area contributed by atoms with E-state index in [-0.39, 0.29) is 11.3 Å². The van der Waals surface area contributed by atoms with Crippen molar-refractivity contribution in [2.24, 2.45) is 11.1 Å². The van der Waals surface area contributed by atoms with Crippen molar-refractivity contribution in [2.45, 2.75) is 45.4 Å². The zero-order valence-electron chi connectivity index (χ0n) is 10.8. The highest BCUT2D eigenvalue weighted by Gasteiger charge is 2.38. The first kappa shape index (κ1) is 13.8. The van der Waals surface area contributed by atoms with E-state index < -0.39 is 0 Å². The van der Waals surface area contributed by atoms with E-state index in [1.54, 1.807) is 0 Å². The third kappa shape index (κ3) is 2.54. The van der Waals surface area contributed by atoms with Crippen molar-refractivity contribution in [2.75, 3.05) is 18.8 Å². The molecule has 94 valence electrons. The van der Waals surface area contributed by atoms with Gasteiger partial charge < -0.3 is 10.6 Å². The lowest BCUT2D eigenvalue weighted by Crippen LogP contribution is -2.54. The van der Waals surface area contributed by atoms with Crippen molar-refractivity contribution < 1.29 is 4.79 Å². The Bertz CT molecular complexity index is 253. The number of nitrogens with zero attached hydrogens (tertiary/aromatic N) is 1. The molecule has 1 amide bonds. The molecule has 1 aliphatic rings. The predicted octanol–water partition coefficient (Wildman–Crippen LogP) is 1.71. The first-order valence-electron chi connectivity index (χ1n) is 6.09. The molecular weight excluding hydrogens is 220 g/mol. The molecule has 0 aromatic carbocycles. The molecule has 2 N–H and O–H groups in total. The SMILES string of the molecule is CCC(C)(CN)C(=O)N1CCSC(C)C1C. The predicted molar refractivity (Wildman–Crippen MR) is 70.5 cm³/mol. The average molecular weight is 244 g/mol. The molecule has 3 nitrogen and oxygen atoms in total. The third-order valence-corrected chi connectivity index (χ3v) is 5.23. The molecule has 0 saturated carbocycles. The Kier molecular flexibility index (Phi) is 4.68. The molecule has 0 aromatic rings. The summed E-state index contributed by atoms with van der Waals surface area (Å²) < 4.78 is 0. The van der Waals surface area contributed by atoms with Crippen LogP contribution in [0.15, 0.2) is 0 Å². The van der Waals surface area contributed by atoms with Gasteiger partial charge in [0.05, 0.1) is 5.41 Å². The molecule has 0 aliphatic carbocycles. The van der Waals surface area contributed by atoms with Gasteiger partial charge in [0.25, 0.3) is 0 Å². The molecule has 0 bridgehead atoms. The molecule has 0 spiro atoms. The number of carbonyl (C=O) groups excluding carboxylic acids is 1. The first-order chi connectivity index (χ1) is 7.46. The van der Waals surface area contributed by atoms with Gasteiger partial charge in [0.1, 0.15) is 0 Å². The normalized spacial score (nSPS) is 29.9. The fourth-order valence-electron chi connectivity index (χ4n) is 1.95. The van der Waals surface area contributed by atoms with E-state index in [0.29, 0.717) is 17.8 Å². The van der Waals surface area contributed by atoms with Crippen molar-refractivity contribution in [3.8, 4) is 0 Å². The van der Waals surface area contributed by atoms with E-state index in [4.69, 9.17) is 5.73 Å². The van der Waals surface area contributed by atoms with Gasteiger partial charge in [-0.2, -0.15) is 11.8 Å². The van der Waals surface area contributed by atoms with Crippen molar-refractivity contribution >= 4 is 17.7 Å². The van der Waals surface area contributed by atoms with E-state index in [2.05, 4.69) is 13.8 Å². The van der Waals surface area contributed by atoms with E-state index in [1.165, 1.54) is 0 Å². The standard InChI is InChI=1S/C12H24N2OS/c1-5-12(4,8-13)11(15)14-6-7-16-10(3)9(14)2/h9-10H,5-8,13H2,1-4H3. The van der Waals surface area contributed by atoms with Gasteiger partial charge in [0, 0.05) is 30.1 Å². The molecule has 3 atom stereocenters. The summed E-state index contributed by atoms with van der Waals surface area (Å²) in [5.41, 5.74) is 5.37. The summed E-state index contributed by atoms with van der Waals surface area (Å²) in [5, 5.41) is 0.525. The Morgan fingerprint density at radius 3 is 2.69 bits per heavy atom. The Morgan fingerprint density at radius 1 is 1.56 bits per heavy atom. The Morgan fingerprint density at radius 2 is 2.19 bits per heavy atom. The summed E-state index contributed by atoms with van der Waals surface area (Å²) >= 11 is 1.95. The second kappa shape index (κ2) is 5.41. The van der Waals surface area contributed by atoms with Crippen LogP contribution >= 0.6 is 11.8 Å². The van der Waals surface area contributed by atoms with Gasteiger partial charge in [-0.1, -0.05) is 13.8 Å². The molecule has 1 saturated heterocycles. The fraction of sp³-hybridized carbons (Fsp3) is 0.917. The molecule has 4 heteroatoms. The molecule has 1 aliphatic heterocycles. The zero-order chi connectivity index (χ0) is 12.3. The molecular formula is C12H24N2OS. The lowest BCUT2D eigenvalue weighted by atomic mass is 9.85.